The van der Waals surface area contributed by atoms with E-state index in [2.05, 4.69) is 5.32 Å². The fourth-order valence-electron chi connectivity index (χ4n) is 4.33. The number of carboxylic acid groups (broad SMARTS) is 1. The Morgan fingerprint density at radius 1 is 1.18 bits per heavy atom. The Morgan fingerprint density at radius 3 is 2.32 bits per heavy atom. The lowest BCUT2D eigenvalue weighted by Crippen LogP contribution is -2.56. The normalized spacial score (nSPS) is 27.8. The molecule has 0 aliphatic carbocycles. The average Bonchev–Trinajstić information content (AvgIpc) is 2.93. The van der Waals surface area contributed by atoms with Gasteiger partial charge in [-0.05, 0) is 34.7 Å². The average molecular weight is 425 g/mol. The maximum Gasteiger partial charge on any atom is 0.321 e. The Hall–Kier alpha value is -1.66. The van der Waals surface area contributed by atoms with Crippen LogP contribution >= 0.6 is 23.2 Å². The third-order valence-corrected chi connectivity index (χ3v) is 6.01. The van der Waals surface area contributed by atoms with E-state index in [1.54, 1.807) is 36.4 Å². The molecule has 2 aromatic carbocycles. The van der Waals surface area contributed by atoms with Crippen LogP contribution in [0.4, 0.5) is 4.39 Å². The van der Waals surface area contributed by atoms with Gasteiger partial charge in [0.2, 0.25) is 0 Å². The van der Waals surface area contributed by atoms with Crippen molar-refractivity contribution in [3.05, 3.63) is 69.5 Å². The van der Waals surface area contributed by atoms with Gasteiger partial charge >= 0.3 is 5.97 Å². The molecule has 0 radical (unpaired) electrons. The van der Waals surface area contributed by atoms with Gasteiger partial charge in [-0.3, -0.25) is 10.1 Å². The van der Waals surface area contributed by atoms with Gasteiger partial charge in [0, 0.05) is 17.0 Å². The summed E-state index contributed by atoms with van der Waals surface area (Å²) in [5.74, 6) is -2.63. The highest BCUT2D eigenvalue weighted by molar-refractivity contribution is 6.31. The highest BCUT2D eigenvalue weighted by Crippen LogP contribution is 2.50. The summed E-state index contributed by atoms with van der Waals surface area (Å²) < 4.78 is 15.0. The molecule has 1 aliphatic rings. The van der Waals surface area contributed by atoms with Gasteiger partial charge < -0.3 is 10.8 Å². The lowest BCUT2D eigenvalue weighted by atomic mass is 9.65. The SMILES string of the molecule is CC(C)(C)C1NC(C(=O)O)C(c2cccc(Cl)c2F)C1(N)c1ccc(Cl)cc1. The molecule has 7 heteroatoms. The third-order valence-electron chi connectivity index (χ3n) is 5.46. The molecule has 1 heterocycles. The van der Waals surface area contributed by atoms with Gasteiger partial charge in [-0.25, -0.2) is 4.39 Å². The van der Waals surface area contributed by atoms with Crippen LogP contribution < -0.4 is 11.1 Å². The Kier molecular flexibility index (Phi) is 5.49. The molecule has 0 amide bonds. The second kappa shape index (κ2) is 7.30. The summed E-state index contributed by atoms with van der Waals surface area (Å²) in [6.07, 6.45) is 0. The van der Waals surface area contributed by atoms with E-state index in [4.69, 9.17) is 28.9 Å². The molecule has 28 heavy (non-hydrogen) atoms. The molecule has 4 nitrogen and oxygen atoms in total. The standard InChI is InChI=1S/C21H23Cl2FN2O2/c1-20(2,3)19-21(25,11-7-9-12(22)10-8-11)15(17(26-19)18(27)28)13-5-4-6-14(23)16(13)24/h4-10,15,17,19,26H,25H2,1-3H3,(H,27,28). The second-order valence-electron chi connectivity index (χ2n) is 8.34. The predicted molar refractivity (Wildman–Crippen MR) is 109 cm³/mol. The van der Waals surface area contributed by atoms with Crippen LogP contribution in [0.3, 0.4) is 0 Å². The summed E-state index contributed by atoms with van der Waals surface area (Å²) in [4.78, 5) is 12.1. The van der Waals surface area contributed by atoms with E-state index in [1.807, 2.05) is 20.8 Å². The molecule has 3 rings (SSSR count). The zero-order chi connectivity index (χ0) is 20.9. The van der Waals surface area contributed by atoms with Crippen molar-refractivity contribution in [1.82, 2.24) is 5.32 Å². The minimum atomic E-state index is -1.21. The Bertz CT molecular complexity index is 898. The first kappa shape index (κ1) is 21.1. The summed E-state index contributed by atoms with van der Waals surface area (Å²) in [5.41, 5.74) is 6.24. The first-order valence-corrected chi connectivity index (χ1v) is 9.71. The molecule has 150 valence electrons. The molecular formula is C21H23Cl2FN2O2. The van der Waals surface area contributed by atoms with Crippen LogP contribution in [0.15, 0.2) is 42.5 Å². The van der Waals surface area contributed by atoms with Crippen molar-refractivity contribution < 1.29 is 14.3 Å². The van der Waals surface area contributed by atoms with Crippen LogP contribution in [0.5, 0.6) is 0 Å². The largest absolute Gasteiger partial charge is 0.480 e. The van der Waals surface area contributed by atoms with Crippen molar-refractivity contribution in [2.24, 2.45) is 11.1 Å². The van der Waals surface area contributed by atoms with Crippen molar-refractivity contribution in [3.8, 4) is 0 Å². The molecule has 0 saturated carbocycles. The first-order chi connectivity index (χ1) is 13.0. The monoisotopic (exact) mass is 424 g/mol. The lowest BCUT2D eigenvalue weighted by molar-refractivity contribution is -0.139. The van der Waals surface area contributed by atoms with E-state index in [-0.39, 0.29) is 10.6 Å². The number of carbonyl (C=O) groups is 1. The van der Waals surface area contributed by atoms with E-state index >= 15 is 4.39 Å². The molecule has 4 N–H and O–H groups in total. The number of benzene rings is 2. The van der Waals surface area contributed by atoms with Gasteiger partial charge in [0.25, 0.3) is 0 Å². The van der Waals surface area contributed by atoms with E-state index in [1.165, 1.54) is 6.07 Å². The van der Waals surface area contributed by atoms with Gasteiger partial charge in [-0.15, -0.1) is 0 Å². The van der Waals surface area contributed by atoms with Crippen LogP contribution in [0.1, 0.15) is 37.8 Å². The molecule has 4 unspecified atom stereocenters. The van der Waals surface area contributed by atoms with Crippen molar-refractivity contribution in [2.45, 2.75) is 44.3 Å². The van der Waals surface area contributed by atoms with Crippen LogP contribution in [-0.4, -0.2) is 23.2 Å². The van der Waals surface area contributed by atoms with Gasteiger partial charge in [0.15, 0.2) is 0 Å². The molecule has 0 bridgehead atoms. The molecule has 1 fully saturated rings. The van der Waals surface area contributed by atoms with Gasteiger partial charge in [0.05, 0.1) is 10.6 Å². The fourth-order valence-corrected chi connectivity index (χ4v) is 4.64. The van der Waals surface area contributed by atoms with E-state index < -0.39 is 40.7 Å². The molecule has 1 aliphatic heterocycles. The zero-order valence-corrected chi connectivity index (χ0v) is 17.4. The van der Waals surface area contributed by atoms with Crippen LogP contribution in [0.2, 0.25) is 10.0 Å². The van der Waals surface area contributed by atoms with Crippen molar-refractivity contribution in [1.29, 1.82) is 0 Å². The summed E-state index contributed by atoms with van der Waals surface area (Å²) in [7, 11) is 0. The number of nitrogens with one attached hydrogen (secondary N) is 1. The highest BCUT2D eigenvalue weighted by Gasteiger charge is 2.60. The van der Waals surface area contributed by atoms with Crippen molar-refractivity contribution >= 4 is 29.2 Å². The van der Waals surface area contributed by atoms with Crippen LogP contribution in [0, 0.1) is 11.2 Å². The number of hydrogen-bond acceptors (Lipinski definition) is 3. The molecule has 0 aromatic heterocycles. The first-order valence-electron chi connectivity index (χ1n) is 8.95. The number of halogens is 3. The Balaban J connectivity index is 2.31. The topological polar surface area (TPSA) is 75.3 Å². The lowest BCUT2D eigenvalue weighted by Gasteiger charge is -2.43. The summed E-state index contributed by atoms with van der Waals surface area (Å²) in [6.45, 7) is 5.91. The predicted octanol–water partition coefficient (Wildman–Crippen LogP) is 4.54. The zero-order valence-electron chi connectivity index (χ0n) is 15.8. The molecule has 2 aromatic rings. The number of rotatable bonds is 3. The fraction of sp³-hybridized carbons (Fsp3) is 0.381. The Labute approximate surface area is 173 Å². The number of carboxylic acids is 1. The minimum Gasteiger partial charge on any atom is -0.480 e. The van der Waals surface area contributed by atoms with Gasteiger partial charge in [-0.2, -0.15) is 0 Å². The van der Waals surface area contributed by atoms with Crippen LogP contribution in [0.25, 0.3) is 0 Å². The highest BCUT2D eigenvalue weighted by atomic mass is 35.5. The molecule has 0 spiro atoms. The van der Waals surface area contributed by atoms with Crippen molar-refractivity contribution in [3.63, 3.8) is 0 Å². The number of nitrogens with two attached hydrogens (primary N) is 1. The minimum absolute atomic E-state index is 0.0701. The smallest absolute Gasteiger partial charge is 0.321 e. The van der Waals surface area contributed by atoms with Crippen molar-refractivity contribution in [2.75, 3.05) is 0 Å². The number of hydrogen-bond donors (Lipinski definition) is 3. The van der Waals surface area contributed by atoms with E-state index in [9.17, 15) is 9.90 Å². The number of aliphatic carboxylic acids is 1. The maximum atomic E-state index is 15.0. The summed E-state index contributed by atoms with van der Waals surface area (Å²) in [5, 5.41) is 13.5. The van der Waals surface area contributed by atoms with E-state index in [0.29, 0.717) is 10.6 Å². The molecule has 1 saturated heterocycles. The maximum absolute atomic E-state index is 15.0. The van der Waals surface area contributed by atoms with Gasteiger partial charge in [-0.1, -0.05) is 68.2 Å². The summed E-state index contributed by atoms with van der Waals surface area (Å²) >= 11 is 12.0. The second-order valence-corrected chi connectivity index (χ2v) is 9.19. The third kappa shape index (κ3) is 3.41. The summed E-state index contributed by atoms with van der Waals surface area (Å²) in [6, 6.07) is 9.97. The van der Waals surface area contributed by atoms with Gasteiger partial charge in [0.1, 0.15) is 11.9 Å². The molecular weight excluding hydrogens is 402 g/mol. The Morgan fingerprint density at radius 2 is 1.79 bits per heavy atom. The molecule has 4 atom stereocenters. The van der Waals surface area contributed by atoms with Crippen LogP contribution in [-0.2, 0) is 10.3 Å². The quantitative estimate of drug-likeness (QED) is 0.675. The van der Waals surface area contributed by atoms with E-state index in [0.717, 1.165) is 0 Å².